The van der Waals surface area contributed by atoms with Gasteiger partial charge in [0.15, 0.2) is 5.79 Å². The number of likely N-dealkylation sites (N-methyl/N-ethyl adjacent to an activating group) is 1. The highest BCUT2D eigenvalue weighted by atomic mass is 16.7. The lowest BCUT2D eigenvalue weighted by Gasteiger charge is -2.43. The minimum atomic E-state index is -0.240. The van der Waals surface area contributed by atoms with Crippen LogP contribution in [-0.4, -0.2) is 43.0 Å². The third-order valence-corrected chi connectivity index (χ3v) is 4.34. The molecule has 3 aliphatic heterocycles. The summed E-state index contributed by atoms with van der Waals surface area (Å²) in [6.07, 6.45) is 3.56. The highest BCUT2D eigenvalue weighted by molar-refractivity contribution is 5.04. The van der Waals surface area contributed by atoms with Gasteiger partial charge in [-0.1, -0.05) is 6.92 Å². The average molecular weight is 197 g/mol. The molecular formula is C11H19NO2. The largest absolute Gasteiger partial charge is 0.346 e. The van der Waals surface area contributed by atoms with Gasteiger partial charge in [-0.05, 0) is 25.8 Å². The van der Waals surface area contributed by atoms with E-state index in [1.807, 2.05) is 0 Å². The molecule has 3 atom stereocenters. The monoisotopic (exact) mass is 197 g/mol. The van der Waals surface area contributed by atoms with Crippen LogP contribution in [-0.2, 0) is 9.47 Å². The molecule has 3 rings (SSSR count). The van der Waals surface area contributed by atoms with E-state index in [4.69, 9.17) is 9.47 Å². The number of ether oxygens (including phenoxy) is 2. The minimum absolute atomic E-state index is 0.240. The van der Waals surface area contributed by atoms with Gasteiger partial charge in [0, 0.05) is 12.5 Å². The van der Waals surface area contributed by atoms with Gasteiger partial charge in [-0.25, -0.2) is 0 Å². The van der Waals surface area contributed by atoms with Crippen LogP contribution in [0.1, 0.15) is 26.2 Å². The second kappa shape index (κ2) is 2.94. The molecule has 0 aromatic heterocycles. The minimum Gasteiger partial charge on any atom is -0.346 e. The molecule has 0 aliphatic carbocycles. The Kier molecular flexibility index (Phi) is 1.92. The molecule has 3 heteroatoms. The molecular weight excluding hydrogens is 178 g/mol. The molecule has 3 saturated heterocycles. The number of fused-ring (bicyclic) bond motifs is 3. The van der Waals surface area contributed by atoms with Crippen molar-refractivity contribution in [3.05, 3.63) is 0 Å². The van der Waals surface area contributed by atoms with E-state index in [2.05, 4.69) is 18.9 Å². The molecule has 3 fully saturated rings. The Morgan fingerprint density at radius 1 is 1.29 bits per heavy atom. The molecule has 0 saturated carbocycles. The maximum atomic E-state index is 5.87. The predicted octanol–water partition coefficient (Wildman–Crippen LogP) is 1.23. The predicted molar refractivity (Wildman–Crippen MR) is 53.0 cm³/mol. The Balaban J connectivity index is 1.90. The lowest BCUT2D eigenvalue weighted by Crippen LogP contribution is -2.55. The zero-order chi connectivity index (χ0) is 9.76. The van der Waals surface area contributed by atoms with Crippen LogP contribution in [0.5, 0.6) is 0 Å². The Morgan fingerprint density at radius 3 is 2.71 bits per heavy atom. The smallest absolute Gasteiger partial charge is 0.184 e. The van der Waals surface area contributed by atoms with Crippen LogP contribution < -0.4 is 0 Å². The molecule has 2 bridgehead atoms. The molecule has 0 amide bonds. The maximum Gasteiger partial charge on any atom is 0.184 e. The highest BCUT2D eigenvalue weighted by Crippen LogP contribution is 2.47. The zero-order valence-electron chi connectivity index (χ0n) is 9.03. The van der Waals surface area contributed by atoms with Gasteiger partial charge in [-0.15, -0.1) is 0 Å². The number of piperidine rings is 1. The summed E-state index contributed by atoms with van der Waals surface area (Å²) >= 11 is 0. The van der Waals surface area contributed by atoms with Crippen LogP contribution in [0.2, 0.25) is 0 Å². The van der Waals surface area contributed by atoms with E-state index in [9.17, 15) is 0 Å². The van der Waals surface area contributed by atoms with Crippen molar-refractivity contribution in [2.24, 2.45) is 5.92 Å². The average Bonchev–Trinajstić information content (AvgIpc) is 2.67. The first kappa shape index (κ1) is 9.13. The van der Waals surface area contributed by atoms with Gasteiger partial charge in [0.25, 0.3) is 0 Å². The molecule has 0 radical (unpaired) electrons. The molecule has 0 aromatic carbocycles. The van der Waals surface area contributed by atoms with Crippen molar-refractivity contribution < 1.29 is 9.47 Å². The van der Waals surface area contributed by atoms with Gasteiger partial charge in [-0.2, -0.15) is 0 Å². The fourth-order valence-electron chi connectivity index (χ4n) is 3.61. The molecule has 1 unspecified atom stereocenters. The molecule has 14 heavy (non-hydrogen) atoms. The molecule has 0 N–H and O–H groups in total. The van der Waals surface area contributed by atoms with Crippen LogP contribution in [0.4, 0.5) is 0 Å². The van der Waals surface area contributed by atoms with Crippen molar-refractivity contribution >= 4 is 0 Å². The third kappa shape index (κ3) is 1.03. The van der Waals surface area contributed by atoms with Gasteiger partial charge in [0.2, 0.25) is 0 Å². The zero-order valence-corrected chi connectivity index (χ0v) is 9.03. The van der Waals surface area contributed by atoms with Gasteiger partial charge in [0.05, 0.1) is 19.3 Å². The van der Waals surface area contributed by atoms with Crippen LogP contribution in [0.25, 0.3) is 0 Å². The standard InChI is InChI=1S/C11H19NO2/c1-8-7-10-11(13-5-6-14-11)4-3-9(8)12(10)2/h8-10H,3-7H2,1-2H3/t8?,9-,10-/m1/s1. The summed E-state index contributed by atoms with van der Waals surface area (Å²) < 4.78 is 11.7. The van der Waals surface area contributed by atoms with Gasteiger partial charge in [0.1, 0.15) is 0 Å². The third-order valence-electron chi connectivity index (χ3n) is 4.34. The first-order valence-corrected chi connectivity index (χ1v) is 5.73. The van der Waals surface area contributed by atoms with E-state index >= 15 is 0 Å². The van der Waals surface area contributed by atoms with Gasteiger partial charge < -0.3 is 9.47 Å². The van der Waals surface area contributed by atoms with E-state index in [1.165, 1.54) is 12.8 Å². The van der Waals surface area contributed by atoms with E-state index in [0.717, 1.165) is 31.6 Å². The SMILES string of the molecule is CC1C[C@H]2N(C)[C@@H]1CCC21OCCO1. The van der Waals surface area contributed by atoms with Gasteiger partial charge in [-0.3, -0.25) is 4.90 Å². The Bertz CT molecular complexity index is 237. The maximum absolute atomic E-state index is 5.87. The fourth-order valence-corrected chi connectivity index (χ4v) is 3.61. The summed E-state index contributed by atoms with van der Waals surface area (Å²) in [5.41, 5.74) is 0. The van der Waals surface area contributed by atoms with Crippen LogP contribution >= 0.6 is 0 Å². The van der Waals surface area contributed by atoms with Crippen molar-refractivity contribution in [2.45, 2.75) is 44.1 Å². The van der Waals surface area contributed by atoms with Crippen LogP contribution in [0.3, 0.4) is 0 Å². The summed E-state index contributed by atoms with van der Waals surface area (Å²) in [7, 11) is 2.23. The summed E-state index contributed by atoms with van der Waals surface area (Å²) in [5.74, 6) is 0.563. The lowest BCUT2D eigenvalue weighted by molar-refractivity contribution is -0.215. The Labute approximate surface area is 85.4 Å². The molecule has 1 spiro atoms. The fraction of sp³-hybridized carbons (Fsp3) is 1.00. The summed E-state index contributed by atoms with van der Waals surface area (Å²) in [4.78, 5) is 2.49. The summed E-state index contributed by atoms with van der Waals surface area (Å²) in [6.45, 7) is 3.92. The lowest BCUT2D eigenvalue weighted by atomic mass is 9.96. The second-order valence-corrected chi connectivity index (χ2v) is 5.01. The molecule has 0 aromatic rings. The number of nitrogens with zero attached hydrogens (tertiary/aromatic N) is 1. The van der Waals surface area contributed by atoms with Crippen LogP contribution in [0.15, 0.2) is 0 Å². The molecule has 80 valence electrons. The first-order valence-electron chi connectivity index (χ1n) is 5.73. The number of hydrogen-bond acceptors (Lipinski definition) is 3. The van der Waals surface area contributed by atoms with Crippen molar-refractivity contribution in [2.75, 3.05) is 20.3 Å². The van der Waals surface area contributed by atoms with E-state index < -0.39 is 0 Å². The van der Waals surface area contributed by atoms with E-state index in [0.29, 0.717) is 6.04 Å². The van der Waals surface area contributed by atoms with Crippen molar-refractivity contribution in [1.29, 1.82) is 0 Å². The second-order valence-electron chi connectivity index (χ2n) is 5.01. The molecule has 3 aliphatic rings. The number of rotatable bonds is 0. The highest BCUT2D eigenvalue weighted by Gasteiger charge is 2.56. The van der Waals surface area contributed by atoms with E-state index in [-0.39, 0.29) is 5.79 Å². The summed E-state index contributed by atoms with van der Waals surface area (Å²) in [6, 6.07) is 1.26. The topological polar surface area (TPSA) is 21.7 Å². The molecule has 3 nitrogen and oxygen atoms in total. The first-order chi connectivity index (χ1) is 6.73. The quantitative estimate of drug-likeness (QED) is 0.583. The van der Waals surface area contributed by atoms with Gasteiger partial charge >= 0.3 is 0 Å². The van der Waals surface area contributed by atoms with E-state index in [1.54, 1.807) is 0 Å². The van der Waals surface area contributed by atoms with Crippen molar-refractivity contribution in [1.82, 2.24) is 4.90 Å². The Hall–Kier alpha value is -0.120. The number of hydrogen-bond donors (Lipinski definition) is 0. The Morgan fingerprint density at radius 2 is 2.00 bits per heavy atom. The molecule has 3 heterocycles. The normalized spacial score (nSPS) is 46.3. The van der Waals surface area contributed by atoms with Crippen LogP contribution in [0, 0.1) is 5.92 Å². The summed E-state index contributed by atoms with van der Waals surface area (Å²) in [5, 5.41) is 0. The van der Waals surface area contributed by atoms with Crippen molar-refractivity contribution in [3.8, 4) is 0 Å². The van der Waals surface area contributed by atoms with Crippen molar-refractivity contribution in [3.63, 3.8) is 0 Å².